The van der Waals surface area contributed by atoms with E-state index in [4.69, 9.17) is 17.3 Å². The van der Waals surface area contributed by atoms with Gasteiger partial charge in [-0.2, -0.15) is 4.31 Å². The van der Waals surface area contributed by atoms with Crippen molar-refractivity contribution in [3.05, 3.63) is 33.3 Å². The highest BCUT2D eigenvalue weighted by Gasteiger charge is 2.34. The summed E-state index contributed by atoms with van der Waals surface area (Å²) in [5.74, 6) is 0. The molecule has 0 spiro atoms. The Morgan fingerprint density at radius 1 is 1.41 bits per heavy atom. The molecule has 1 fully saturated rings. The highest BCUT2D eigenvalue weighted by atomic mass is 35.5. The summed E-state index contributed by atoms with van der Waals surface area (Å²) < 4.78 is 27.0. The quantitative estimate of drug-likeness (QED) is 0.648. The van der Waals surface area contributed by atoms with Crippen LogP contribution in [0.1, 0.15) is 25.7 Å². The Hall–Kier alpha value is -1.22. The molecule has 0 aromatic heterocycles. The lowest BCUT2D eigenvalue weighted by atomic mass is 10.0. The van der Waals surface area contributed by atoms with Crippen molar-refractivity contribution in [1.82, 2.24) is 4.31 Å². The molecule has 1 unspecified atom stereocenters. The Labute approximate surface area is 134 Å². The average molecular weight is 348 g/mol. The van der Waals surface area contributed by atoms with Crippen molar-refractivity contribution < 1.29 is 13.3 Å². The van der Waals surface area contributed by atoms with Gasteiger partial charge in [-0.1, -0.05) is 18.0 Å². The molecule has 1 heterocycles. The van der Waals surface area contributed by atoms with E-state index in [0.717, 1.165) is 31.4 Å². The van der Waals surface area contributed by atoms with Crippen LogP contribution in [0.4, 0.5) is 5.69 Å². The summed E-state index contributed by atoms with van der Waals surface area (Å²) in [5, 5.41) is 10.6. The number of hydrogen-bond donors (Lipinski definition) is 1. The van der Waals surface area contributed by atoms with Crippen molar-refractivity contribution >= 4 is 27.3 Å². The third-order valence-electron chi connectivity index (χ3n) is 3.79. The molecule has 122 valence electrons. The van der Waals surface area contributed by atoms with E-state index in [1.54, 1.807) is 0 Å². The highest BCUT2D eigenvalue weighted by Crippen LogP contribution is 2.32. The number of benzene rings is 1. The van der Waals surface area contributed by atoms with E-state index in [1.807, 2.05) is 0 Å². The molecule has 1 aromatic rings. The molecular formula is C13H18ClN3O4S. The lowest BCUT2D eigenvalue weighted by Crippen LogP contribution is -2.44. The zero-order valence-corrected chi connectivity index (χ0v) is 13.5. The normalized spacial score (nSPS) is 20.0. The minimum absolute atomic E-state index is 0.0938. The fraction of sp³-hybridized carbons (Fsp3) is 0.538. The number of non-ortho nitro benzene ring substituents is 1. The maximum atomic E-state index is 12.8. The van der Waals surface area contributed by atoms with Crippen molar-refractivity contribution in [1.29, 1.82) is 0 Å². The summed E-state index contributed by atoms with van der Waals surface area (Å²) in [6.07, 6.45) is 3.10. The Balaban J connectivity index is 2.38. The van der Waals surface area contributed by atoms with Crippen molar-refractivity contribution in [2.75, 3.05) is 13.1 Å². The van der Waals surface area contributed by atoms with Crippen LogP contribution in [0.15, 0.2) is 23.1 Å². The molecule has 1 saturated heterocycles. The smallest absolute Gasteiger partial charge is 0.271 e. The van der Waals surface area contributed by atoms with Crippen LogP contribution in [0.25, 0.3) is 0 Å². The number of nitro groups is 1. The molecular weight excluding hydrogens is 330 g/mol. The molecule has 2 rings (SSSR count). The van der Waals surface area contributed by atoms with Gasteiger partial charge in [-0.25, -0.2) is 8.42 Å². The number of nitrogens with two attached hydrogens (primary N) is 1. The van der Waals surface area contributed by atoms with Crippen LogP contribution < -0.4 is 5.73 Å². The molecule has 1 aliphatic rings. The Morgan fingerprint density at radius 3 is 2.73 bits per heavy atom. The second-order valence-corrected chi connectivity index (χ2v) is 7.48. The van der Waals surface area contributed by atoms with Crippen LogP contribution in [0.2, 0.25) is 5.02 Å². The Kier molecular flexibility index (Phi) is 5.38. The second-order valence-electron chi connectivity index (χ2n) is 5.21. The van der Waals surface area contributed by atoms with Gasteiger partial charge in [0.2, 0.25) is 10.0 Å². The van der Waals surface area contributed by atoms with Gasteiger partial charge in [-0.15, -0.1) is 0 Å². The first kappa shape index (κ1) is 17.1. The van der Waals surface area contributed by atoms with Gasteiger partial charge in [0.15, 0.2) is 0 Å². The summed E-state index contributed by atoms with van der Waals surface area (Å²) in [6, 6.07) is 3.27. The highest BCUT2D eigenvalue weighted by molar-refractivity contribution is 7.89. The molecule has 22 heavy (non-hydrogen) atoms. The first-order valence-electron chi connectivity index (χ1n) is 7.03. The van der Waals surface area contributed by atoms with E-state index in [9.17, 15) is 18.5 Å². The SMILES string of the molecule is NCCC1CCCCN1S(=O)(=O)c1ccc([N+](=O)[O-])cc1Cl. The number of nitro benzene ring substituents is 1. The van der Waals surface area contributed by atoms with Crippen LogP contribution in [0.5, 0.6) is 0 Å². The number of nitrogens with zero attached hydrogens (tertiary/aromatic N) is 2. The van der Waals surface area contributed by atoms with Gasteiger partial charge in [0.05, 0.1) is 9.95 Å². The number of rotatable bonds is 5. The van der Waals surface area contributed by atoms with Gasteiger partial charge in [0, 0.05) is 24.7 Å². The molecule has 0 radical (unpaired) electrons. The second kappa shape index (κ2) is 6.91. The van der Waals surface area contributed by atoms with Crippen molar-refractivity contribution in [3.8, 4) is 0 Å². The molecule has 1 aliphatic heterocycles. The van der Waals surface area contributed by atoms with E-state index in [0.29, 0.717) is 19.5 Å². The third-order valence-corrected chi connectivity index (χ3v) is 6.22. The van der Waals surface area contributed by atoms with E-state index < -0.39 is 14.9 Å². The number of hydrogen-bond acceptors (Lipinski definition) is 5. The van der Waals surface area contributed by atoms with Gasteiger partial charge in [0.1, 0.15) is 4.90 Å². The minimum Gasteiger partial charge on any atom is -0.330 e. The maximum Gasteiger partial charge on any atom is 0.271 e. The van der Waals surface area contributed by atoms with Gasteiger partial charge < -0.3 is 5.73 Å². The number of halogens is 1. The predicted octanol–water partition coefficient (Wildman–Crippen LogP) is 2.14. The Bertz CT molecular complexity index is 663. The summed E-state index contributed by atoms with van der Waals surface area (Å²) in [4.78, 5) is 10.0. The minimum atomic E-state index is -3.78. The van der Waals surface area contributed by atoms with E-state index in [-0.39, 0.29) is 21.6 Å². The molecule has 2 N–H and O–H groups in total. The van der Waals surface area contributed by atoms with E-state index in [2.05, 4.69) is 0 Å². The zero-order chi connectivity index (χ0) is 16.3. The average Bonchev–Trinajstić information content (AvgIpc) is 2.47. The van der Waals surface area contributed by atoms with Gasteiger partial charge in [-0.05, 0) is 31.9 Å². The monoisotopic (exact) mass is 347 g/mol. The largest absolute Gasteiger partial charge is 0.330 e. The molecule has 0 aliphatic carbocycles. The van der Waals surface area contributed by atoms with Gasteiger partial charge >= 0.3 is 0 Å². The molecule has 7 nitrogen and oxygen atoms in total. The van der Waals surface area contributed by atoms with E-state index in [1.165, 1.54) is 10.4 Å². The third kappa shape index (κ3) is 3.40. The first-order chi connectivity index (χ1) is 10.4. The summed E-state index contributed by atoms with van der Waals surface area (Å²) >= 11 is 5.97. The fourth-order valence-electron chi connectivity index (χ4n) is 2.71. The van der Waals surface area contributed by atoms with Crippen molar-refractivity contribution in [2.45, 2.75) is 36.6 Å². The summed E-state index contributed by atoms with van der Waals surface area (Å²) in [5.41, 5.74) is 5.33. The van der Waals surface area contributed by atoms with Gasteiger partial charge in [0.25, 0.3) is 5.69 Å². The lowest BCUT2D eigenvalue weighted by Gasteiger charge is -2.34. The topological polar surface area (TPSA) is 107 Å². The van der Waals surface area contributed by atoms with Crippen molar-refractivity contribution in [3.63, 3.8) is 0 Å². The van der Waals surface area contributed by atoms with Crippen LogP contribution in [-0.2, 0) is 10.0 Å². The van der Waals surface area contributed by atoms with Gasteiger partial charge in [-0.3, -0.25) is 10.1 Å². The molecule has 1 aromatic carbocycles. The standard InChI is InChI=1S/C13H18ClN3O4S/c14-12-9-11(17(18)19)4-5-13(12)22(20,21)16-8-2-1-3-10(16)6-7-15/h4-5,9-10H,1-3,6-8,15H2. The lowest BCUT2D eigenvalue weighted by molar-refractivity contribution is -0.384. The predicted molar refractivity (Wildman–Crippen MR) is 83.3 cm³/mol. The van der Waals surface area contributed by atoms with Crippen LogP contribution >= 0.6 is 11.6 Å². The molecule has 0 saturated carbocycles. The van der Waals surface area contributed by atoms with Crippen molar-refractivity contribution in [2.24, 2.45) is 5.73 Å². The summed E-state index contributed by atoms with van der Waals surface area (Å²) in [6.45, 7) is 0.824. The number of piperidine rings is 1. The molecule has 1 atom stereocenters. The molecule has 0 bridgehead atoms. The fourth-order valence-corrected chi connectivity index (χ4v) is 4.95. The zero-order valence-electron chi connectivity index (χ0n) is 11.9. The molecule has 9 heteroatoms. The summed E-state index contributed by atoms with van der Waals surface area (Å²) in [7, 11) is -3.78. The maximum absolute atomic E-state index is 12.8. The number of sulfonamides is 1. The van der Waals surface area contributed by atoms with E-state index >= 15 is 0 Å². The Morgan fingerprint density at radius 2 is 2.14 bits per heavy atom. The van der Waals surface area contributed by atoms with Crippen LogP contribution in [0, 0.1) is 10.1 Å². The van der Waals surface area contributed by atoms with Crippen LogP contribution in [0.3, 0.4) is 0 Å². The molecule has 0 amide bonds. The first-order valence-corrected chi connectivity index (χ1v) is 8.85. The van der Waals surface area contributed by atoms with Crippen LogP contribution in [-0.4, -0.2) is 36.8 Å².